The van der Waals surface area contributed by atoms with E-state index in [0.29, 0.717) is 12.1 Å². The largest absolute Gasteiger partial charge is 0.497 e. The fraction of sp³-hybridized carbons (Fsp3) is 0.273. The van der Waals surface area contributed by atoms with Gasteiger partial charge in [-0.25, -0.2) is 14.6 Å². The van der Waals surface area contributed by atoms with Crippen molar-refractivity contribution < 1.29 is 4.74 Å². The smallest absolute Gasteiger partial charge is 0.184 e. The molecule has 0 saturated carbocycles. The molecule has 7 nitrogen and oxygen atoms in total. The minimum absolute atomic E-state index is 0.628. The third kappa shape index (κ3) is 4.34. The number of fused-ring (bicyclic) bond motifs is 1. The molecular weight excluding hydrogens is 364 g/mol. The zero-order chi connectivity index (χ0) is 20.1. The summed E-state index contributed by atoms with van der Waals surface area (Å²) in [6.07, 6.45) is 1.62. The van der Waals surface area contributed by atoms with Gasteiger partial charge < -0.3 is 10.1 Å². The molecule has 0 aliphatic carbocycles. The van der Waals surface area contributed by atoms with Crippen LogP contribution in [0.2, 0.25) is 0 Å². The van der Waals surface area contributed by atoms with Gasteiger partial charge in [0, 0.05) is 13.0 Å². The highest BCUT2D eigenvalue weighted by molar-refractivity contribution is 5.82. The molecule has 29 heavy (non-hydrogen) atoms. The van der Waals surface area contributed by atoms with Crippen LogP contribution in [0.15, 0.2) is 54.6 Å². The van der Waals surface area contributed by atoms with Gasteiger partial charge in [-0.15, -0.1) is 5.10 Å². The van der Waals surface area contributed by atoms with Crippen molar-refractivity contribution >= 4 is 17.0 Å². The molecule has 0 saturated heterocycles. The van der Waals surface area contributed by atoms with Gasteiger partial charge in [-0.05, 0) is 29.7 Å². The summed E-state index contributed by atoms with van der Waals surface area (Å²) in [6, 6.07) is 18.3. The Morgan fingerprint density at radius 2 is 1.76 bits per heavy atom. The number of benzene rings is 2. The Morgan fingerprint density at radius 1 is 0.966 bits per heavy atom. The van der Waals surface area contributed by atoms with Gasteiger partial charge in [-0.1, -0.05) is 54.6 Å². The molecule has 7 heteroatoms. The summed E-state index contributed by atoms with van der Waals surface area (Å²) in [4.78, 5) is 9.31. The summed E-state index contributed by atoms with van der Waals surface area (Å²) in [5.74, 6) is 2.38. The molecule has 2 heterocycles. The lowest BCUT2D eigenvalue weighted by Gasteiger charge is -2.09. The van der Waals surface area contributed by atoms with Crippen LogP contribution in [-0.4, -0.2) is 38.6 Å². The SMILES string of the molecule is CCc1nc(NCCc2ccc(OC)cc2)c2nnn(Cc3ccccc3)c2n1. The standard InChI is InChI=1S/C22H24N6O/c1-3-19-24-21(23-14-13-16-9-11-18(29-2)12-10-16)20-22(25-19)28(27-26-20)15-17-7-5-4-6-8-17/h4-12H,3,13-15H2,1-2H3,(H,23,24,25). The van der Waals surface area contributed by atoms with Crippen LogP contribution in [0, 0.1) is 0 Å². The van der Waals surface area contributed by atoms with Crippen LogP contribution in [0.5, 0.6) is 5.75 Å². The van der Waals surface area contributed by atoms with E-state index in [0.717, 1.165) is 48.0 Å². The molecule has 4 rings (SSSR count). The first kappa shape index (κ1) is 18.9. The van der Waals surface area contributed by atoms with Crippen LogP contribution in [0.25, 0.3) is 11.2 Å². The lowest BCUT2D eigenvalue weighted by atomic mass is 10.1. The van der Waals surface area contributed by atoms with Crippen molar-refractivity contribution in [2.75, 3.05) is 19.0 Å². The van der Waals surface area contributed by atoms with Crippen molar-refractivity contribution in [2.24, 2.45) is 0 Å². The summed E-state index contributed by atoms with van der Waals surface area (Å²) in [5.41, 5.74) is 3.84. The Hall–Kier alpha value is -3.48. The lowest BCUT2D eigenvalue weighted by molar-refractivity contribution is 0.414. The average molecular weight is 388 g/mol. The second-order valence-electron chi connectivity index (χ2n) is 6.77. The van der Waals surface area contributed by atoms with E-state index >= 15 is 0 Å². The van der Waals surface area contributed by atoms with Gasteiger partial charge in [-0.3, -0.25) is 0 Å². The second-order valence-corrected chi connectivity index (χ2v) is 6.77. The molecule has 1 N–H and O–H groups in total. The maximum atomic E-state index is 5.21. The highest BCUT2D eigenvalue weighted by Gasteiger charge is 2.14. The highest BCUT2D eigenvalue weighted by Crippen LogP contribution is 2.19. The van der Waals surface area contributed by atoms with E-state index in [2.05, 4.69) is 49.9 Å². The average Bonchev–Trinajstić information content (AvgIpc) is 3.17. The van der Waals surface area contributed by atoms with Crippen LogP contribution in [0.3, 0.4) is 0 Å². The summed E-state index contributed by atoms with van der Waals surface area (Å²) in [7, 11) is 1.67. The van der Waals surface area contributed by atoms with E-state index in [1.807, 2.05) is 41.9 Å². The molecule has 2 aromatic carbocycles. The summed E-state index contributed by atoms with van der Waals surface area (Å²) >= 11 is 0. The number of nitrogens with one attached hydrogen (secondary N) is 1. The second kappa shape index (κ2) is 8.68. The van der Waals surface area contributed by atoms with Crippen LogP contribution in [-0.2, 0) is 19.4 Å². The van der Waals surface area contributed by atoms with Crippen molar-refractivity contribution in [3.63, 3.8) is 0 Å². The number of hydrogen-bond acceptors (Lipinski definition) is 6. The topological polar surface area (TPSA) is 77.8 Å². The van der Waals surface area contributed by atoms with Gasteiger partial charge in [0.2, 0.25) is 0 Å². The predicted molar refractivity (Wildman–Crippen MR) is 113 cm³/mol. The molecule has 0 atom stereocenters. The molecule has 4 aromatic rings. The molecule has 0 amide bonds. The molecule has 0 radical (unpaired) electrons. The predicted octanol–water partition coefficient (Wildman–Crippen LogP) is 3.50. The van der Waals surface area contributed by atoms with E-state index < -0.39 is 0 Å². The molecule has 2 aromatic heterocycles. The number of hydrogen-bond donors (Lipinski definition) is 1. The maximum absolute atomic E-state index is 5.21. The van der Waals surface area contributed by atoms with Crippen LogP contribution < -0.4 is 10.1 Å². The van der Waals surface area contributed by atoms with Gasteiger partial charge in [-0.2, -0.15) is 0 Å². The summed E-state index contributed by atoms with van der Waals surface area (Å²) < 4.78 is 7.04. The van der Waals surface area contributed by atoms with E-state index in [9.17, 15) is 0 Å². The fourth-order valence-electron chi connectivity index (χ4n) is 3.16. The molecule has 0 bridgehead atoms. The number of methoxy groups -OCH3 is 1. The summed E-state index contributed by atoms with van der Waals surface area (Å²) in [5, 5.41) is 12.1. The third-order valence-electron chi connectivity index (χ3n) is 4.77. The Balaban J connectivity index is 1.53. The number of anilines is 1. The van der Waals surface area contributed by atoms with E-state index in [1.54, 1.807) is 7.11 Å². The third-order valence-corrected chi connectivity index (χ3v) is 4.77. The Labute approximate surface area is 169 Å². The number of rotatable bonds is 8. The highest BCUT2D eigenvalue weighted by atomic mass is 16.5. The molecule has 0 aliphatic rings. The van der Waals surface area contributed by atoms with Crippen LogP contribution in [0.1, 0.15) is 23.9 Å². The molecule has 0 fully saturated rings. The number of aromatic nitrogens is 5. The Bertz CT molecular complexity index is 1080. The van der Waals surface area contributed by atoms with E-state index in [4.69, 9.17) is 4.74 Å². The summed E-state index contributed by atoms with van der Waals surface area (Å²) in [6.45, 7) is 3.42. The zero-order valence-electron chi connectivity index (χ0n) is 16.7. The van der Waals surface area contributed by atoms with Crippen molar-refractivity contribution in [1.29, 1.82) is 0 Å². The normalized spacial score (nSPS) is 11.0. The maximum Gasteiger partial charge on any atom is 0.184 e. The monoisotopic (exact) mass is 388 g/mol. The van der Waals surface area contributed by atoms with Gasteiger partial charge in [0.05, 0.1) is 13.7 Å². The first-order valence-corrected chi connectivity index (χ1v) is 9.77. The minimum atomic E-state index is 0.628. The molecule has 0 spiro atoms. The van der Waals surface area contributed by atoms with Gasteiger partial charge in [0.1, 0.15) is 11.6 Å². The van der Waals surface area contributed by atoms with Crippen molar-refractivity contribution in [2.45, 2.75) is 26.3 Å². The number of nitrogens with zero attached hydrogens (tertiary/aromatic N) is 5. The zero-order valence-corrected chi connectivity index (χ0v) is 16.7. The molecule has 148 valence electrons. The van der Waals surface area contributed by atoms with Crippen molar-refractivity contribution in [1.82, 2.24) is 25.0 Å². The lowest BCUT2D eigenvalue weighted by Crippen LogP contribution is -2.10. The Morgan fingerprint density at radius 3 is 2.48 bits per heavy atom. The van der Waals surface area contributed by atoms with Crippen molar-refractivity contribution in [3.8, 4) is 5.75 Å². The quantitative estimate of drug-likeness (QED) is 0.498. The fourth-order valence-corrected chi connectivity index (χ4v) is 3.16. The van der Waals surface area contributed by atoms with Gasteiger partial charge >= 0.3 is 0 Å². The van der Waals surface area contributed by atoms with E-state index in [-0.39, 0.29) is 0 Å². The first-order valence-electron chi connectivity index (χ1n) is 9.77. The first-order chi connectivity index (χ1) is 14.3. The van der Waals surface area contributed by atoms with E-state index in [1.165, 1.54) is 5.56 Å². The molecule has 0 unspecified atom stereocenters. The number of aryl methyl sites for hydroxylation is 1. The Kier molecular flexibility index (Phi) is 5.65. The minimum Gasteiger partial charge on any atom is -0.497 e. The van der Waals surface area contributed by atoms with Crippen molar-refractivity contribution in [3.05, 3.63) is 71.5 Å². The number of ether oxygens (including phenoxy) is 1. The van der Waals surface area contributed by atoms with Gasteiger partial charge in [0.25, 0.3) is 0 Å². The van der Waals surface area contributed by atoms with Crippen LogP contribution in [0.4, 0.5) is 5.82 Å². The van der Waals surface area contributed by atoms with Crippen LogP contribution >= 0.6 is 0 Å². The molecular formula is C22H24N6O. The van der Waals surface area contributed by atoms with Gasteiger partial charge in [0.15, 0.2) is 17.0 Å². The molecule has 0 aliphatic heterocycles.